The molecule has 2 aliphatic heterocycles. The minimum atomic E-state index is -0.386. The van der Waals surface area contributed by atoms with Crippen LogP contribution in [0.3, 0.4) is 0 Å². The Kier molecular flexibility index (Phi) is 5.54. The quantitative estimate of drug-likeness (QED) is 0.611. The molecule has 0 aromatic heterocycles. The summed E-state index contributed by atoms with van der Waals surface area (Å²) in [6.45, 7) is 2.51. The van der Waals surface area contributed by atoms with Gasteiger partial charge in [0.25, 0.3) is 0 Å². The third-order valence-electron chi connectivity index (χ3n) is 4.75. The van der Waals surface area contributed by atoms with Crippen LogP contribution in [-0.4, -0.2) is 53.8 Å². The lowest BCUT2D eigenvalue weighted by Crippen LogP contribution is -2.38. The Balaban J connectivity index is 1.57. The van der Waals surface area contributed by atoms with Gasteiger partial charge in [-0.3, -0.25) is 19.4 Å². The molecule has 136 valence electrons. The molecule has 2 saturated heterocycles. The lowest BCUT2D eigenvalue weighted by atomic mass is 9.96. The van der Waals surface area contributed by atoms with E-state index >= 15 is 0 Å². The van der Waals surface area contributed by atoms with Gasteiger partial charge in [-0.2, -0.15) is 0 Å². The first kappa shape index (κ1) is 18.0. The van der Waals surface area contributed by atoms with Gasteiger partial charge in [-0.25, -0.2) is 4.79 Å². The molecule has 7 nitrogen and oxygen atoms in total. The zero-order valence-electron chi connectivity index (χ0n) is 14.5. The van der Waals surface area contributed by atoms with E-state index in [-0.39, 0.29) is 36.9 Å². The van der Waals surface area contributed by atoms with E-state index in [2.05, 4.69) is 21.5 Å². The number of piperidine rings is 1. The minimum Gasteiger partial charge on any atom is -0.329 e. The normalized spacial score (nSPS) is 18.5. The molecule has 0 aliphatic carbocycles. The van der Waals surface area contributed by atoms with Gasteiger partial charge in [-0.15, -0.1) is 6.42 Å². The second kappa shape index (κ2) is 8.02. The second-order valence-electron chi connectivity index (χ2n) is 6.58. The van der Waals surface area contributed by atoms with Crippen molar-refractivity contribution >= 4 is 23.5 Å². The first-order chi connectivity index (χ1) is 12.6. The van der Waals surface area contributed by atoms with Crippen LogP contribution >= 0.6 is 0 Å². The van der Waals surface area contributed by atoms with Gasteiger partial charge >= 0.3 is 6.03 Å². The molecule has 2 heterocycles. The average Bonchev–Trinajstić information content (AvgIpc) is 2.95. The van der Waals surface area contributed by atoms with Crippen molar-refractivity contribution in [3.8, 4) is 12.3 Å². The SMILES string of the molecule is C#CCN1CCC(C(=O)Nc2cccc(CN3C(=O)CNC3=O)c2)CC1. The van der Waals surface area contributed by atoms with Crippen molar-refractivity contribution in [1.82, 2.24) is 15.1 Å². The van der Waals surface area contributed by atoms with E-state index in [4.69, 9.17) is 6.42 Å². The summed E-state index contributed by atoms with van der Waals surface area (Å²) in [5.74, 6) is 2.35. The molecule has 0 saturated carbocycles. The van der Waals surface area contributed by atoms with Crippen molar-refractivity contribution < 1.29 is 14.4 Å². The van der Waals surface area contributed by atoms with Crippen LogP contribution in [0.1, 0.15) is 18.4 Å². The average molecular weight is 354 g/mol. The van der Waals surface area contributed by atoms with Gasteiger partial charge < -0.3 is 10.6 Å². The zero-order valence-corrected chi connectivity index (χ0v) is 14.5. The summed E-state index contributed by atoms with van der Waals surface area (Å²) in [5, 5.41) is 5.44. The molecule has 0 bridgehead atoms. The number of anilines is 1. The Hall–Kier alpha value is -2.85. The van der Waals surface area contributed by atoms with Crippen LogP contribution in [-0.2, 0) is 16.1 Å². The van der Waals surface area contributed by atoms with Crippen LogP contribution in [0.5, 0.6) is 0 Å². The van der Waals surface area contributed by atoms with Crippen molar-refractivity contribution in [3.63, 3.8) is 0 Å². The van der Waals surface area contributed by atoms with Crippen LogP contribution in [0.15, 0.2) is 24.3 Å². The largest absolute Gasteiger partial charge is 0.329 e. The predicted molar refractivity (Wildman–Crippen MR) is 97.0 cm³/mol. The van der Waals surface area contributed by atoms with Gasteiger partial charge in [0.2, 0.25) is 11.8 Å². The van der Waals surface area contributed by atoms with E-state index in [1.807, 2.05) is 6.07 Å². The maximum atomic E-state index is 12.5. The topological polar surface area (TPSA) is 81.8 Å². The molecular weight excluding hydrogens is 332 g/mol. The van der Waals surface area contributed by atoms with Crippen LogP contribution < -0.4 is 10.6 Å². The van der Waals surface area contributed by atoms with E-state index < -0.39 is 0 Å². The number of urea groups is 1. The number of hydrogen-bond donors (Lipinski definition) is 2. The van der Waals surface area contributed by atoms with E-state index in [9.17, 15) is 14.4 Å². The number of imide groups is 1. The molecule has 0 atom stereocenters. The van der Waals surface area contributed by atoms with E-state index in [0.29, 0.717) is 12.2 Å². The standard InChI is InChI=1S/C19H22N4O3/c1-2-8-22-9-6-15(7-10-22)18(25)21-16-5-3-4-14(11-16)13-23-17(24)12-20-19(23)26/h1,3-5,11,15H,6-10,12-13H2,(H,20,26)(H,21,25). The summed E-state index contributed by atoms with van der Waals surface area (Å²) in [6, 6.07) is 6.85. The molecule has 1 aromatic rings. The first-order valence-electron chi connectivity index (χ1n) is 8.70. The summed E-state index contributed by atoms with van der Waals surface area (Å²) in [5.41, 5.74) is 1.46. The van der Waals surface area contributed by atoms with Crippen molar-refractivity contribution in [1.29, 1.82) is 0 Å². The van der Waals surface area contributed by atoms with Gasteiger partial charge in [-0.05, 0) is 43.6 Å². The highest BCUT2D eigenvalue weighted by Crippen LogP contribution is 2.20. The van der Waals surface area contributed by atoms with E-state index in [1.54, 1.807) is 18.2 Å². The van der Waals surface area contributed by atoms with Gasteiger partial charge in [0.1, 0.15) is 0 Å². The fourth-order valence-electron chi connectivity index (χ4n) is 3.27. The van der Waals surface area contributed by atoms with Crippen molar-refractivity contribution in [3.05, 3.63) is 29.8 Å². The summed E-state index contributed by atoms with van der Waals surface area (Å²) in [6.07, 6.45) is 6.90. The fraction of sp³-hybridized carbons (Fsp3) is 0.421. The minimum absolute atomic E-state index is 0.00232. The molecule has 26 heavy (non-hydrogen) atoms. The number of carbonyl (C=O) groups is 3. The Morgan fingerprint density at radius 1 is 1.31 bits per heavy atom. The van der Waals surface area contributed by atoms with E-state index in [1.165, 1.54) is 4.90 Å². The number of benzene rings is 1. The summed E-state index contributed by atoms with van der Waals surface area (Å²) in [4.78, 5) is 39.2. The third-order valence-corrected chi connectivity index (χ3v) is 4.75. The fourth-order valence-corrected chi connectivity index (χ4v) is 3.27. The van der Waals surface area contributed by atoms with Gasteiger partial charge in [0.05, 0.1) is 19.6 Å². The summed E-state index contributed by atoms with van der Waals surface area (Å²) in [7, 11) is 0. The van der Waals surface area contributed by atoms with Crippen LogP contribution in [0.4, 0.5) is 10.5 Å². The second-order valence-corrected chi connectivity index (χ2v) is 6.58. The van der Waals surface area contributed by atoms with Gasteiger partial charge in [0.15, 0.2) is 0 Å². The number of nitrogens with one attached hydrogen (secondary N) is 2. The van der Waals surface area contributed by atoms with Crippen molar-refractivity contribution in [2.24, 2.45) is 5.92 Å². The van der Waals surface area contributed by atoms with Crippen LogP contribution in [0.25, 0.3) is 0 Å². The lowest BCUT2D eigenvalue weighted by Gasteiger charge is -2.29. The zero-order chi connectivity index (χ0) is 18.5. The molecule has 2 N–H and O–H groups in total. The Morgan fingerprint density at radius 2 is 2.08 bits per heavy atom. The highest BCUT2D eigenvalue weighted by Gasteiger charge is 2.28. The Morgan fingerprint density at radius 3 is 2.73 bits per heavy atom. The first-order valence-corrected chi connectivity index (χ1v) is 8.70. The van der Waals surface area contributed by atoms with E-state index in [0.717, 1.165) is 31.5 Å². The maximum absolute atomic E-state index is 12.5. The number of rotatable bonds is 5. The number of hydrogen-bond acceptors (Lipinski definition) is 4. The predicted octanol–water partition coefficient (Wildman–Crippen LogP) is 1.02. The molecule has 0 radical (unpaired) electrons. The molecule has 2 fully saturated rings. The molecule has 1 aromatic carbocycles. The summed E-state index contributed by atoms with van der Waals surface area (Å²) < 4.78 is 0. The van der Waals surface area contributed by atoms with Crippen molar-refractivity contribution in [2.75, 3.05) is 31.5 Å². The maximum Gasteiger partial charge on any atom is 0.324 e. The Labute approximate surface area is 152 Å². The van der Waals surface area contributed by atoms with Gasteiger partial charge in [0, 0.05) is 11.6 Å². The number of nitrogens with zero attached hydrogens (tertiary/aromatic N) is 2. The summed E-state index contributed by atoms with van der Waals surface area (Å²) >= 11 is 0. The van der Waals surface area contributed by atoms with Crippen LogP contribution in [0.2, 0.25) is 0 Å². The Bertz CT molecular complexity index is 731. The lowest BCUT2D eigenvalue weighted by molar-refractivity contribution is -0.125. The molecule has 3 rings (SSSR count). The molecule has 0 spiro atoms. The molecule has 7 heteroatoms. The van der Waals surface area contributed by atoms with Gasteiger partial charge in [-0.1, -0.05) is 18.1 Å². The number of carbonyl (C=O) groups excluding carboxylic acids is 3. The number of likely N-dealkylation sites (tertiary alicyclic amines) is 1. The third kappa shape index (κ3) is 4.21. The molecule has 0 unspecified atom stereocenters. The number of amides is 4. The molecular formula is C19H22N4O3. The monoisotopic (exact) mass is 354 g/mol. The highest BCUT2D eigenvalue weighted by molar-refractivity contribution is 6.01. The molecule has 4 amide bonds. The van der Waals surface area contributed by atoms with Crippen LogP contribution in [0, 0.1) is 18.3 Å². The number of terminal acetylenes is 1. The molecule has 2 aliphatic rings. The smallest absolute Gasteiger partial charge is 0.324 e. The highest BCUT2D eigenvalue weighted by atomic mass is 16.2. The van der Waals surface area contributed by atoms with Crippen molar-refractivity contribution in [2.45, 2.75) is 19.4 Å².